The Morgan fingerprint density at radius 3 is 2.60 bits per heavy atom. The normalized spacial score (nSPS) is 25.1. The van der Waals surface area contributed by atoms with Crippen LogP contribution in [0.25, 0.3) is 0 Å². The minimum Gasteiger partial charge on any atom is -0.373 e. The number of amides is 1. The summed E-state index contributed by atoms with van der Waals surface area (Å²) in [7, 11) is 2.01. The summed E-state index contributed by atoms with van der Waals surface area (Å²) in [6.45, 7) is 5.74. The van der Waals surface area contributed by atoms with E-state index in [1.165, 1.54) is 12.0 Å². The molecule has 4 nitrogen and oxygen atoms in total. The quantitative estimate of drug-likeness (QED) is 0.891. The summed E-state index contributed by atoms with van der Waals surface area (Å²) < 4.78 is 6.05. The van der Waals surface area contributed by atoms with Gasteiger partial charge in [-0.25, -0.2) is 0 Å². The summed E-state index contributed by atoms with van der Waals surface area (Å²) in [4.78, 5) is 15.3. The Morgan fingerprint density at radius 2 is 1.92 bits per heavy atom. The van der Waals surface area contributed by atoms with E-state index in [4.69, 9.17) is 4.74 Å². The van der Waals surface area contributed by atoms with Crippen molar-refractivity contribution in [2.75, 3.05) is 33.3 Å². The number of nitrogens with zero attached hydrogens (tertiary/aromatic N) is 1. The van der Waals surface area contributed by atoms with Crippen molar-refractivity contribution in [1.82, 2.24) is 10.2 Å². The van der Waals surface area contributed by atoms with E-state index in [0.717, 1.165) is 63.4 Å². The van der Waals surface area contributed by atoms with E-state index < -0.39 is 0 Å². The topological polar surface area (TPSA) is 41.6 Å². The number of likely N-dealkylation sites (tertiary alicyclic amines) is 1. The van der Waals surface area contributed by atoms with Gasteiger partial charge in [-0.15, -0.1) is 0 Å². The predicted molar refractivity (Wildman–Crippen MR) is 100 cm³/mol. The van der Waals surface area contributed by atoms with Crippen LogP contribution in [-0.2, 0) is 9.53 Å². The van der Waals surface area contributed by atoms with E-state index in [9.17, 15) is 4.79 Å². The second-order valence-corrected chi connectivity index (χ2v) is 7.61. The van der Waals surface area contributed by atoms with Crippen molar-refractivity contribution in [3.8, 4) is 0 Å². The summed E-state index contributed by atoms with van der Waals surface area (Å²) in [5, 5.41) is 3.23. The average Bonchev–Trinajstić information content (AvgIpc) is 2.67. The molecule has 2 fully saturated rings. The van der Waals surface area contributed by atoms with E-state index in [1.54, 1.807) is 0 Å². The molecule has 1 amide bonds. The Balaban J connectivity index is 1.62. The largest absolute Gasteiger partial charge is 0.373 e. The Kier molecular flexibility index (Phi) is 6.49. The Labute approximate surface area is 151 Å². The molecule has 0 aliphatic carbocycles. The molecule has 0 bridgehead atoms. The highest BCUT2D eigenvalue weighted by Gasteiger charge is 2.36. The van der Waals surface area contributed by atoms with E-state index >= 15 is 0 Å². The van der Waals surface area contributed by atoms with E-state index in [-0.39, 0.29) is 12.0 Å². The third kappa shape index (κ3) is 4.62. The van der Waals surface area contributed by atoms with Crippen LogP contribution >= 0.6 is 0 Å². The molecule has 2 aliphatic heterocycles. The average molecular weight is 344 g/mol. The van der Waals surface area contributed by atoms with Gasteiger partial charge in [0, 0.05) is 19.7 Å². The van der Waals surface area contributed by atoms with Gasteiger partial charge in [-0.05, 0) is 64.1 Å². The van der Waals surface area contributed by atoms with Gasteiger partial charge in [-0.2, -0.15) is 0 Å². The highest BCUT2D eigenvalue weighted by molar-refractivity contribution is 5.80. The molecule has 2 unspecified atom stereocenters. The predicted octanol–water partition coefficient (Wildman–Crippen LogP) is 3.31. The molecule has 2 heterocycles. The molecule has 4 heteroatoms. The molecule has 0 aromatic heterocycles. The van der Waals surface area contributed by atoms with Crippen LogP contribution in [0.5, 0.6) is 0 Å². The highest BCUT2D eigenvalue weighted by Crippen LogP contribution is 2.36. The third-order valence-corrected chi connectivity index (χ3v) is 5.77. The van der Waals surface area contributed by atoms with Gasteiger partial charge in [0.15, 0.2) is 0 Å². The van der Waals surface area contributed by atoms with Crippen LogP contribution in [0.3, 0.4) is 0 Å². The van der Waals surface area contributed by atoms with Crippen LogP contribution in [-0.4, -0.2) is 44.1 Å². The zero-order valence-corrected chi connectivity index (χ0v) is 15.7. The van der Waals surface area contributed by atoms with Crippen molar-refractivity contribution in [1.29, 1.82) is 0 Å². The van der Waals surface area contributed by atoms with Crippen molar-refractivity contribution >= 4 is 5.91 Å². The number of carbonyl (C=O) groups is 1. The maximum atomic E-state index is 13.2. The molecule has 0 spiro atoms. The Morgan fingerprint density at radius 1 is 1.20 bits per heavy atom. The monoisotopic (exact) mass is 344 g/mol. The van der Waals surface area contributed by atoms with Gasteiger partial charge in [0.25, 0.3) is 0 Å². The minimum atomic E-state index is -0.0798. The first-order valence-electron chi connectivity index (χ1n) is 9.80. The number of hydrogen-bond donors (Lipinski definition) is 1. The number of nitrogens with one attached hydrogen (secondary N) is 1. The zero-order chi connectivity index (χ0) is 17.6. The lowest BCUT2D eigenvalue weighted by Crippen LogP contribution is -2.44. The summed E-state index contributed by atoms with van der Waals surface area (Å²) >= 11 is 0. The number of ether oxygens (including phenoxy) is 1. The van der Waals surface area contributed by atoms with Crippen LogP contribution in [0, 0.1) is 18.8 Å². The molecule has 138 valence electrons. The van der Waals surface area contributed by atoms with Gasteiger partial charge in [0.2, 0.25) is 5.91 Å². The summed E-state index contributed by atoms with van der Waals surface area (Å²) in [5.74, 6) is 1.04. The molecule has 3 rings (SSSR count). The molecule has 1 aromatic rings. The molecule has 1 aromatic carbocycles. The smallest absolute Gasteiger partial charge is 0.228 e. The lowest BCUT2D eigenvalue weighted by Gasteiger charge is -2.38. The number of piperidine rings is 1. The molecule has 2 aliphatic rings. The van der Waals surface area contributed by atoms with Gasteiger partial charge >= 0.3 is 0 Å². The SMILES string of the molecule is CNCCC1CCN(C(=O)C2CCCOC2c2ccc(C)cc2)CC1. The maximum absolute atomic E-state index is 13.2. The Bertz CT molecular complexity index is 550. The third-order valence-electron chi connectivity index (χ3n) is 5.77. The maximum Gasteiger partial charge on any atom is 0.228 e. The van der Waals surface area contributed by atoms with Gasteiger partial charge in [0.05, 0.1) is 12.0 Å². The minimum absolute atomic E-state index is 0.0229. The fourth-order valence-corrected chi connectivity index (χ4v) is 4.14. The van der Waals surface area contributed by atoms with Crippen LogP contribution in [0.1, 0.15) is 49.3 Å². The fraction of sp³-hybridized carbons (Fsp3) is 0.667. The number of hydrogen-bond acceptors (Lipinski definition) is 3. The summed E-state index contributed by atoms with van der Waals surface area (Å²) in [5.41, 5.74) is 2.39. The Hall–Kier alpha value is -1.39. The summed E-state index contributed by atoms with van der Waals surface area (Å²) in [6, 6.07) is 8.47. The second-order valence-electron chi connectivity index (χ2n) is 7.61. The zero-order valence-electron chi connectivity index (χ0n) is 15.7. The van der Waals surface area contributed by atoms with E-state index in [0.29, 0.717) is 5.91 Å². The standard InChI is InChI=1S/C21H32N2O2/c1-16-5-7-18(8-6-16)20-19(4-3-15-25-20)21(24)23-13-10-17(11-14-23)9-12-22-2/h5-8,17,19-20,22H,3-4,9-15H2,1-2H3. The fourth-order valence-electron chi connectivity index (χ4n) is 4.14. The van der Waals surface area contributed by atoms with Gasteiger partial charge < -0.3 is 15.0 Å². The lowest BCUT2D eigenvalue weighted by atomic mass is 9.86. The van der Waals surface area contributed by atoms with Gasteiger partial charge in [0.1, 0.15) is 0 Å². The molecular formula is C21H32N2O2. The first kappa shape index (κ1) is 18.4. The molecule has 0 saturated carbocycles. The summed E-state index contributed by atoms with van der Waals surface area (Å²) in [6.07, 6.45) is 5.33. The van der Waals surface area contributed by atoms with Crippen molar-refractivity contribution in [2.24, 2.45) is 11.8 Å². The van der Waals surface area contributed by atoms with Crippen molar-refractivity contribution in [3.63, 3.8) is 0 Å². The van der Waals surface area contributed by atoms with Crippen LogP contribution in [0.4, 0.5) is 0 Å². The molecule has 2 atom stereocenters. The highest BCUT2D eigenvalue weighted by atomic mass is 16.5. The number of carbonyl (C=O) groups excluding carboxylic acids is 1. The van der Waals surface area contributed by atoms with E-state index in [2.05, 4.69) is 41.4 Å². The van der Waals surface area contributed by atoms with Crippen molar-refractivity contribution < 1.29 is 9.53 Å². The first-order chi connectivity index (χ1) is 12.2. The molecule has 2 saturated heterocycles. The number of aryl methyl sites for hydroxylation is 1. The number of rotatable bonds is 5. The van der Waals surface area contributed by atoms with Crippen LogP contribution in [0.15, 0.2) is 24.3 Å². The van der Waals surface area contributed by atoms with Gasteiger partial charge in [-0.1, -0.05) is 29.8 Å². The number of benzene rings is 1. The lowest BCUT2D eigenvalue weighted by molar-refractivity contribution is -0.147. The molecule has 1 N–H and O–H groups in total. The van der Waals surface area contributed by atoms with Gasteiger partial charge in [-0.3, -0.25) is 4.79 Å². The van der Waals surface area contributed by atoms with E-state index in [1.807, 2.05) is 7.05 Å². The molecule has 25 heavy (non-hydrogen) atoms. The van der Waals surface area contributed by atoms with Crippen LogP contribution in [0.2, 0.25) is 0 Å². The molecule has 0 radical (unpaired) electrons. The first-order valence-corrected chi connectivity index (χ1v) is 9.80. The van der Waals surface area contributed by atoms with Crippen molar-refractivity contribution in [2.45, 2.75) is 45.1 Å². The van der Waals surface area contributed by atoms with Crippen LogP contribution < -0.4 is 5.32 Å². The molecular weight excluding hydrogens is 312 g/mol. The van der Waals surface area contributed by atoms with Crippen molar-refractivity contribution in [3.05, 3.63) is 35.4 Å². The second kappa shape index (κ2) is 8.81.